The molecule has 0 aliphatic carbocycles. The van der Waals surface area contributed by atoms with E-state index in [4.69, 9.17) is 5.11 Å². The van der Waals surface area contributed by atoms with E-state index >= 15 is 0 Å². The minimum atomic E-state index is 0.176. The molecule has 0 bridgehead atoms. The van der Waals surface area contributed by atoms with Crippen molar-refractivity contribution in [2.45, 2.75) is 38.1 Å². The first-order chi connectivity index (χ1) is 9.54. The monoisotopic (exact) mass is 285 g/mol. The number of amides is 1. The van der Waals surface area contributed by atoms with Gasteiger partial charge >= 0.3 is 0 Å². The number of aliphatic hydroxyl groups is 1. The lowest BCUT2D eigenvalue weighted by Gasteiger charge is -2.35. The number of hydrogen-bond donors (Lipinski definition) is 1. The van der Waals surface area contributed by atoms with E-state index in [0.717, 1.165) is 25.9 Å². The minimum Gasteiger partial charge on any atom is -0.396 e. The van der Waals surface area contributed by atoms with Crippen LogP contribution in [0.4, 0.5) is 0 Å². The Morgan fingerprint density at radius 2 is 1.85 bits per heavy atom. The molecule has 118 valence electrons. The zero-order valence-corrected chi connectivity index (χ0v) is 13.3. The van der Waals surface area contributed by atoms with Crippen LogP contribution in [0.5, 0.6) is 0 Å². The van der Waals surface area contributed by atoms with Gasteiger partial charge in [0.25, 0.3) is 0 Å². The third-order valence-corrected chi connectivity index (χ3v) is 4.32. The summed E-state index contributed by atoms with van der Waals surface area (Å²) in [5, 5.41) is 8.72. The molecule has 5 nitrogen and oxygen atoms in total. The molecule has 1 fully saturated rings. The molecule has 1 aliphatic rings. The highest BCUT2D eigenvalue weighted by Gasteiger charge is 2.20. The van der Waals surface area contributed by atoms with Crippen LogP contribution in [0.1, 0.15) is 32.1 Å². The van der Waals surface area contributed by atoms with Crippen LogP contribution in [0, 0.1) is 0 Å². The topological polar surface area (TPSA) is 47.0 Å². The van der Waals surface area contributed by atoms with Gasteiger partial charge in [0.1, 0.15) is 0 Å². The fourth-order valence-electron chi connectivity index (χ4n) is 2.63. The van der Waals surface area contributed by atoms with Gasteiger partial charge in [-0.1, -0.05) is 0 Å². The number of nitrogens with zero attached hydrogens (tertiary/aromatic N) is 3. The average Bonchev–Trinajstić information content (AvgIpc) is 2.45. The fourth-order valence-corrected chi connectivity index (χ4v) is 2.63. The van der Waals surface area contributed by atoms with Crippen LogP contribution in [0.15, 0.2) is 0 Å². The Balaban J connectivity index is 2.19. The van der Waals surface area contributed by atoms with Gasteiger partial charge in [0, 0.05) is 39.2 Å². The number of likely N-dealkylation sites (N-methyl/N-ethyl adjacent to an activating group) is 2. The molecule has 0 spiro atoms. The molecule has 1 saturated heterocycles. The maximum absolute atomic E-state index is 11.9. The molecule has 0 radical (unpaired) electrons. The Hall–Kier alpha value is -0.650. The second-order valence-corrected chi connectivity index (χ2v) is 6.01. The van der Waals surface area contributed by atoms with Crippen molar-refractivity contribution in [1.82, 2.24) is 14.7 Å². The molecule has 0 unspecified atom stereocenters. The van der Waals surface area contributed by atoms with Crippen molar-refractivity contribution < 1.29 is 9.90 Å². The highest BCUT2D eigenvalue weighted by Crippen LogP contribution is 2.13. The van der Waals surface area contributed by atoms with Crippen LogP contribution in [-0.4, -0.2) is 85.7 Å². The number of hydrogen-bond acceptors (Lipinski definition) is 4. The lowest BCUT2D eigenvalue weighted by molar-refractivity contribution is -0.130. The van der Waals surface area contributed by atoms with Crippen LogP contribution in [0.2, 0.25) is 0 Å². The van der Waals surface area contributed by atoms with Gasteiger partial charge in [-0.05, 0) is 52.9 Å². The lowest BCUT2D eigenvalue weighted by Crippen LogP contribution is -2.44. The molecule has 0 atom stereocenters. The summed E-state index contributed by atoms with van der Waals surface area (Å²) >= 11 is 0. The molecule has 1 N–H and O–H groups in total. The smallest absolute Gasteiger partial charge is 0.222 e. The molecule has 1 amide bonds. The summed E-state index contributed by atoms with van der Waals surface area (Å²) in [6.07, 6.45) is 4.50. The first kappa shape index (κ1) is 17.4. The molecule has 0 aromatic heterocycles. The highest BCUT2D eigenvalue weighted by molar-refractivity contribution is 5.75. The molecular weight excluding hydrogens is 254 g/mol. The largest absolute Gasteiger partial charge is 0.396 e. The van der Waals surface area contributed by atoms with Gasteiger partial charge in [0.05, 0.1) is 0 Å². The Bertz CT molecular complexity index is 278. The van der Waals surface area contributed by atoms with Crippen molar-refractivity contribution in [3.05, 3.63) is 0 Å². The van der Waals surface area contributed by atoms with E-state index in [-0.39, 0.29) is 12.5 Å². The molecule has 0 aromatic rings. The number of aliphatic hydroxyl groups excluding tert-OH is 1. The van der Waals surface area contributed by atoms with E-state index in [1.165, 1.54) is 25.9 Å². The van der Waals surface area contributed by atoms with E-state index in [1.54, 1.807) is 0 Å². The predicted octanol–water partition coefficient (Wildman–Crippen LogP) is 0.633. The van der Waals surface area contributed by atoms with Gasteiger partial charge in [0.2, 0.25) is 5.91 Å². The molecular formula is C15H31N3O2. The van der Waals surface area contributed by atoms with Crippen LogP contribution >= 0.6 is 0 Å². The second-order valence-electron chi connectivity index (χ2n) is 6.01. The van der Waals surface area contributed by atoms with Gasteiger partial charge in [-0.15, -0.1) is 0 Å². The Morgan fingerprint density at radius 3 is 2.45 bits per heavy atom. The quantitative estimate of drug-likeness (QED) is 0.665. The number of carbonyl (C=O) groups is 1. The first-order valence-electron chi connectivity index (χ1n) is 7.78. The molecule has 1 heterocycles. The highest BCUT2D eigenvalue weighted by atomic mass is 16.3. The number of piperidine rings is 1. The summed E-state index contributed by atoms with van der Waals surface area (Å²) in [4.78, 5) is 18.5. The van der Waals surface area contributed by atoms with E-state index in [1.807, 2.05) is 11.9 Å². The molecule has 20 heavy (non-hydrogen) atoms. The van der Waals surface area contributed by atoms with Crippen molar-refractivity contribution in [1.29, 1.82) is 0 Å². The first-order valence-corrected chi connectivity index (χ1v) is 7.78. The summed E-state index contributed by atoms with van der Waals surface area (Å²) < 4.78 is 0. The molecule has 1 aliphatic heterocycles. The van der Waals surface area contributed by atoms with E-state index in [2.05, 4.69) is 23.9 Å². The number of carbonyl (C=O) groups excluding carboxylic acids is 1. The summed E-state index contributed by atoms with van der Waals surface area (Å²) in [6, 6.07) is 0.657. The van der Waals surface area contributed by atoms with Crippen LogP contribution < -0.4 is 0 Å². The summed E-state index contributed by atoms with van der Waals surface area (Å²) in [6.45, 7) is 4.25. The van der Waals surface area contributed by atoms with E-state index in [9.17, 15) is 4.79 Å². The van der Waals surface area contributed by atoms with Crippen LogP contribution in [0.25, 0.3) is 0 Å². The SMILES string of the molecule is CN1CCC(N(C)CCN(C)C(=O)CCCCO)CC1. The van der Waals surface area contributed by atoms with Crippen molar-refractivity contribution in [2.75, 3.05) is 53.9 Å². The lowest BCUT2D eigenvalue weighted by atomic mass is 10.0. The standard InChI is InChI=1S/C15H31N3O2/c1-16-9-7-14(8-10-16)17(2)11-12-18(3)15(20)6-4-5-13-19/h14,19H,4-13H2,1-3H3. The fraction of sp³-hybridized carbons (Fsp3) is 0.933. The van der Waals surface area contributed by atoms with Gasteiger partial charge in [-0.3, -0.25) is 4.79 Å². The van der Waals surface area contributed by atoms with Gasteiger partial charge in [-0.2, -0.15) is 0 Å². The Labute approximate surface area is 123 Å². The predicted molar refractivity (Wildman–Crippen MR) is 81.7 cm³/mol. The average molecular weight is 285 g/mol. The van der Waals surface area contributed by atoms with Crippen molar-refractivity contribution >= 4 is 5.91 Å². The Kier molecular flexibility index (Phi) is 8.11. The van der Waals surface area contributed by atoms with Crippen LogP contribution in [-0.2, 0) is 4.79 Å². The summed E-state index contributed by atoms with van der Waals surface area (Å²) in [5.41, 5.74) is 0. The third-order valence-electron chi connectivity index (χ3n) is 4.32. The van der Waals surface area contributed by atoms with Crippen molar-refractivity contribution in [3.63, 3.8) is 0 Å². The number of unbranched alkanes of at least 4 members (excludes halogenated alkanes) is 1. The molecule has 1 rings (SSSR count). The zero-order chi connectivity index (χ0) is 15.0. The Morgan fingerprint density at radius 1 is 1.20 bits per heavy atom. The van der Waals surface area contributed by atoms with Crippen molar-refractivity contribution in [3.8, 4) is 0 Å². The van der Waals surface area contributed by atoms with Gasteiger partial charge in [0.15, 0.2) is 0 Å². The van der Waals surface area contributed by atoms with E-state index in [0.29, 0.717) is 12.5 Å². The van der Waals surface area contributed by atoms with E-state index < -0.39 is 0 Å². The maximum Gasteiger partial charge on any atom is 0.222 e. The molecule has 5 heteroatoms. The van der Waals surface area contributed by atoms with Gasteiger partial charge in [-0.25, -0.2) is 0 Å². The maximum atomic E-state index is 11.9. The van der Waals surface area contributed by atoms with Crippen molar-refractivity contribution in [2.24, 2.45) is 0 Å². The number of likely N-dealkylation sites (tertiary alicyclic amines) is 1. The van der Waals surface area contributed by atoms with Gasteiger partial charge < -0.3 is 19.8 Å². The second kappa shape index (κ2) is 9.32. The summed E-state index contributed by atoms with van der Waals surface area (Å²) in [7, 11) is 6.22. The molecule has 0 aromatic carbocycles. The summed E-state index contributed by atoms with van der Waals surface area (Å²) in [5.74, 6) is 0.190. The zero-order valence-electron chi connectivity index (χ0n) is 13.3. The van der Waals surface area contributed by atoms with Crippen LogP contribution in [0.3, 0.4) is 0 Å². The minimum absolute atomic E-state index is 0.176. The third kappa shape index (κ3) is 6.20. The number of rotatable bonds is 8. The normalized spacial score (nSPS) is 17.6. The molecule has 0 saturated carbocycles.